The molecule has 0 atom stereocenters. The molecule has 5 aromatic rings. The van der Waals surface area contributed by atoms with Crippen molar-refractivity contribution in [1.29, 1.82) is 0 Å². The normalized spacial score (nSPS) is 12.2. The van der Waals surface area contributed by atoms with E-state index in [4.69, 9.17) is 27.2 Å². The van der Waals surface area contributed by atoms with E-state index in [0.717, 1.165) is 97.8 Å². The molecule has 0 saturated carbocycles. The summed E-state index contributed by atoms with van der Waals surface area (Å²) >= 11 is 0. The Bertz CT molecular complexity index is 2400. The quantitative estimate of drug-likeness (QED) is 0.0213. The molecule has 5 rings (SSSR count). The molecule has 4 N–H and O–H groups in total. The van der Waals surface area contributed by atoms with Crippen molar-refractivity contribution in [3.05, 3.63) is 142 Å². The molecular formula is C56H78O12Si4. The van der Waals surface area contributed by atoms with Crippen LogP contribution in [0.1, 0.15) is 79.8 Å². The number of aliphatic hydroxyl groups is 2. The molecule has 12 nitrogen and oxygen atoms in total. The second kappa shape index (κ2) is 26.2. The smallest absolute Gasteiger partial charge is 0.343 e. The zero-order valence-electron chi connectivity index (χ0n) is 44.2. The molecule has 16 heteroatoms. The van der Waals surface area contributed by atoms with Crippen molar-refractivity contribution < 1.29 is 57.2 Å². The number of methoxy groups -OCH3 is 2. The number of rotatable bonds is 28. The average molecular weight is 1060 g/mol. The summed E-state index contributed by atoms with van der Waals surface area (Å²) in [4.78, 5) is 26.5. The molecule has 5 aromatic carbocycles. The Hall–Kier alpha value is -5.05. The molecule has 0 bridgehead atoms. The number of hydrogen-bond donors (Lipinski definition) is 4. The number of aryl methyl sites for hydroxylation is 4. The molecule has 72 heavy (non-hydrogen) atoms. The molecule has 0 aliphatic rings. The molecule has 390 valence electrons. The Morgan fingerprint density at radius 2 is 0.764 bits per heavy atom. The van der Waals surface area contributed by atoms with Gasteiger partial charge in [-0.15, -0.1) is 0 Å². The third kappa shape index (κ3) is 18.2. The molecule has 0 heterocycles. The molecule has 0 saturated heterocycles. The number of esters is 2. The van der Waals surface area contributed by atoms with E-state index >= 15 is 0 Å². The number of ether oxygens (including phenoxy) is 4. The highest BCUT2D eigenvalue weighted by molar-refractivity contribution is 6.85. The summed E-state index contributed by atoms with van der Waals surface area (Å²) in [7, 11) is -4.62. The second-order valence-corrected chi connectivity index (χ2v) is 38.9. The molecule has 0 fully saturated rings. The molecule has 0 radical (unpaired) electrons. The number of carbonyl (C=O) groups excluding carboxylic acids is 2. The van der Waals surface area contributed by atoms with E-state index in [0.29, 0.717) is 28.4 Å². The molecular weight excluding hydrogens is 977 g/mol. The van der Waals surface area contributed by atoms with E-state index < -0.39 is 45.2 Å². The highest BCUT2D eigenvalue weighted by atomic mass is 28.4. The number of aromatic hydroxyl groups is 2. The summed E-state index contributed by atoms with van der Waals surface area (Å²) in [5.74, 6) is 0.579. The molecule has 0 amide bonds. The largest absolute Gasteiger partial charge is 0.508 e. The van der Waals surface area contributed by atoms with Gasteiger partial charge in [-0.1, -0.05) is 24.3 Å². The molecule has 0 aliphatic heterocycles. The van der Waals surface area contributed by atoms with E-state index in [9.17, 15) is 30.0 Å². The fraction of sp³-hybridized carbons (Fsp3) is 0.429. The van der Waals surface area contributed by atoms with Gasteiger partial charge in [0.2, 0.25) is 0 Å². The van der Waals surface area contributed by atoms with Crippen molar-refractivity contribution in [2.45, 2.75) is 141 Å². The lowest BCUT2D eigenvalue weighted by molar-refractivity contribution is 0.0716. The van der Waals surface area contributed by atoms with Gasteiger partial charge in [-0.25, -0.2) is 9.59 Å². The van der Waals surface area contributed by atoms with Gasteiger partial charge in [-0.05, 0) is 223 Å². The number of aliphatic hydroxyl groups excluding tert-OH is 2. The van der Waals surface area contributed by atoms with Crippen LogP contribution in [0, 0.1) is 0 Å². The van der Waals surface area contributed by atoms with Crippen LogP contribution in [0.3, 0.4) is 0 Å². The predicted octanol–water partition coefficient (Wildman–Crippen LogP) is 12.5. The first-order valence-corrected chi connectivity index (χ1v) is 37.6. The van der Waals surface area contributed by atoms with E-state index in [1.165, 1.54) is 24.3 Å². The van der Waals surface area contributed by atoms with Crippen LogP contribution in [0.25, 0.3) is 0 Å². The molecule has 0 unspecified atom stereocenters. The lowest BCUT2D eigenvalue weighted by Crippen LogP contribution is -2.44. The number of carbonyl (C=O) groups is 2. The van der Waals surface area contributed by atoms with Crippen LogP contribution in [0.4, 0.5) is 0 Å². The first-order valence-electron chi connectivity index (χ1n) is 25.2. The second-order valence-electron chi connectivity index (χ2n) is 21.2. The highest BCUT2D eigenvalue weighted by Crippen LogP contribution is 2.33. The van der Waals surface area contributed by atoms with Crippen LogP contribution in [0.15, 0.2) is 97.1 Å². The highest BCUT2D eigenvalue weighted by Gasteiger charge is 2.34. The van der Waals surface area contributed by atoms with E-state index in [-0.39, 0.29) is 41.6 Å². The predicted molar refractivity (Wildman–Crippen MR) is 295 cm³/mol. The van der Waals surface area contributed by atoms with Crippen LogP contribution >= 0.6 is 0 Å². The Balaban J connectivity index is 1.05. The van der Waals surface area contributed by atoms with Gasteiger partial charge in [0, 0.05) is 11.1 Å². The number of benzene rings is 5. The van der Waals surface area contributed by atoms with Crippen molar-refractivity contribution in [2.75, 3.05) is 14.2 Å². The summed E-state index contributed by atoms with van der Waals surface area (Å²) in [5, 5.41) is 39.5. The summed E-state index contributed by atoms with van der Waals surface area (Å²) < 4.78 is 36.2. The van der Waals surface area contributed by atoms with Crippen molar-refractivity contribution in [1.82, 2.24) is 0 Å². The maximum absolute atomic E-state index is 13.3. The molecule has 0 aliphatic carbocycles. The van der Waals surface area contributed by atoms with E-state index in [2.05, 4.69) is 52.4 Å². The first kappa shape index (κ1) is 57.8. The molecule has 0 aromatic heterocycles. The van der Waals surface area contributed by atoms with Gasteiger partial charge in [0.25, 0.3) is 0 Å². The third-order valence-corrected chi connectivity index (χ3v) is 28.0. The number of hydrogen-bond acceptors (Lipinski definition) is 12. The average Bonchev–Trinajstić information content (AvgIpc) is 3.32. The number of phenols is 2. The lowest BCUT2D eigenvalue weighted by atomic mass is 10.1. The Kier molecular flexibility index (Phi) is 21.1. The Morgan fingerprint density at radius 1 is 0.417 bits per heavy atom. The Morgan fingerprint density at radius 3 is 1.18 bits per heavy atom. The van der Waals surface area contributed by atoms with Gasteiger partial charge in [0.1, 0.15) is 11.5 Å². The van der Waals surface area contributed by atoms with Crippen LogP contribution in [-0.4, -0.2) is 79.9 Å². The summed E-state index contributed by atoms with van der Waals surface area (Å²) in [6.45, 7) is 17.8. The lowest BCUT2D eigenvalue weighted by Gasteiger charge is -2.34. The topological polar surface area (TPSA) is 170 Å². The van der Waals surface area contributed by atoms with Gasteiger partial charge < -0.3 is 47.6 Å². The zero-order valence-corrected chi connectivity index (χ0v) is 48.2. The third-order valence-electron chi connectivity index (χ3n) is 12.9. The van der Waals surface area contributed by atoms with E-state index in [1.54, 1.807) is 38.5 Å². The minimum absolute atomic E-state index is 0.125. The number of phenolic OH excluding ortho intramolecular Hbond substituents is 1. The fourth-order valence-corrected chi connectivity index (χ4v) is 27.1. The van der Waals surface area contributed by atoms with E-state index in [1.807, 2.05) is 48.5 Å². The van der Waals surface area contributed by atoms with Gasteiger partial charge in [0.05, 0.1) is 38.6 Å². The molecule has 0 spiro atoms. The van der Waals surface area contributed by atoms with Gasteiger partial charge >= 0.3 is 11.9 Å². The Labute approximate surface area is 431 Å². The minimum Gasteiger partial charge on any atom is -0.508 e. The van der Waals surface area contributed by atoms with Gasteiger partial charge in [-0.2, -0.15) is 0 Å². The minimum atomic E-state index is -1.95. The monoisotopic (exact) mass is 1050 g/mol. The summed E-state index contributed by atoms with van der Waals surface area (Å²) in [5.41, 5.74) is 5.92. The van der Waals surface area contributed by atoms with Crippen LogP contribution in [0.2, 0.25) is 76.6 Å². The SMILES string of the molecule is COc1cc(CCC[Si](C)(C)O[Si](C)(C)CCCc2ccc(OC(=O)c3ccc(C(=O)Oc4ccc(CCC[Si](C)(C)O[Si](C)(C)CCCc5ccc(O)c(CO)c5)cc4OC)cc3)c(CO)c2)ccc1O. The van der Waals surface area contributed by atoms with Crippen LogP contribution < -0.4 is 18.9 Å². The summed E-state index contributed by atoms with van der Waals surface area (Å²) in [6, 6.07) is 32.2. The van der Waals surface area contributed by atoms with Gasteiger partial charge in [0.15, 0.2) is 56.3 Å². The van der Waals surface area contributed by atoms with Crippen molar-refractivity contribution in [3.8, 4) is 34.5 Å². The van der Waals surface area contributed by atoms with Crippen molar-refractivity contribution in [2.24, 2.45) is 0 Å². The maximum atomic E-state index is 13.3. The van der Waals surface area contributed by atoms with Crippen molar-refractivity contribution in [3.63, 3.8) is 0 Å². The van der Waals surface area contributed by atoms with Crippen LogP contribution in [-0.2, 0) is 47.1 Å². The standard InChI is InChI=1S/C56H78O12Si4/c1-63-53-37-43(20-28-50(53)60)17-13-33-71(7,8)68-70(5,6)32-12-16-42-21-29-51(48(36-42)40-58)65-55(61)45-23-25-46(26-24-45)56(62)66-52-30-22-44(38-54(52)64-2)18-14-34-72(9,10)67-69(3,4)31-11-15-41-19-27-49(59)47(35-41)39-57/h19-30,35-38,57-60H,11-18,31-34,39-40H2,1-10H3. The van der Waals surface area contributed by atoms with Crippen LogP contribution in [0.5, 0.6) is 34.5 Å². The zero-order chi connectivity index (χ0) is 52.7. The van der Waals surface area contributed by atoms with Crippen molar-refractivity contribution >= 4 is 45.2 Å². The summed E-state index contributed by atoms with van der Waals surface area (Å²) in [6.07, 6.45) is 7.28. The fourth-order valence-electron chi connectivity index (χ4n) is 9.39. The first-order chi connectivity index (χ1) is 34.0. The maximum Gasteiger partial charge on any atom is 0.343 e. The van der Waals surface area contributed by atoms with Gasteiger partial charge in [-0.3, -0.25) is 0 Å².